The summed E-state index contributed by atoms with van der Waals surface area (Å²) in [6.45, 7) is 6.11. The van der Waals surface area contributed by atoms with E-state index in [1.807, 2.05) is 19.1 Å². The molecule has 1 heterocycles. The largest absolute Gasteiger partial charge is 0.496 e. The predicted octanol–water partition coefficient (Wildman–Crippen LogP) is 1.82. The van der Waals surface area contributed by atoms with Crippen LogP contribution in [0.15, 0.2) is 18.3 Å². The molecular formula is C16H23N4O3+. The van der Waals surface area contributed by atoms with E-state index in [1.54, 1.807) is 13.3 Å². The number of aryl methyl sites for hydroxylation is 1. The smallest absolute Gasteiger partial charge is 0.428 e. The molecule has 0 bridgehead atoms. The minimum atomic E-state index is 0.146. The summed E-state index contributed by atoms with van der Waals surface area (Å²) in [6.07, 6.45) is 1.56. The molecule has 124 valence electrons. The van der Waals surface area contributed by atoms with Crippen molar-refractivity contribution in [2.24, 2.45) is 0 Å². The van der Waals surface area contributed by atoms with Crippen LogP contribution in [-0.2, 0) is 0 Å². The summed E-state index contributed by atoms with van der Waals surface area (Å²) in [4.78, 5) is 9.10. The van der Waals surface area contributed by atoms with Gasteiger partial charge in [-0.25, -0.2) is 0 Å². The van der Waals surface area contributed by atoms with Crippen molar-refractivity contribution in [3.05, 3.63) is 29.5 Å². The van der Waals surface area contributed by atoms with Gasteiger partial charge in [0.1, 0.15) is 18.6 Å². The van der Waals surface area contributed by atoms with E-state index in [0.29, 0.717) is 11.5 Å². The maximum Gasteiger partial charge on any atom is 0.428 e. The quantitative estimate of drug-likeness (QED) is 0.816. The van der Waals surface area contributed by atoms with Gasteiger partial charge in [0, 0.05) is 5.56 Å². The van der Waals surface area contributed by atoms with Crippen LogP contribution < -0.4 is 30.5 Å². The van der Waals surface area contributed by atoms with Gasteiger partial charge in [0.2, 0.25) is 11.6 Å². The summed E-state index contributed by atoms with van der Waals surface area (Å²) < 4.78 is 12.7. The van der Waals surface area contributed by atoms with E-state index in [1.165, 1.54) is 11.8 Å². The highest BCUT2D eigenvalue weighted by Crippen LogP contribution is 2.36. The molecule has 0 saturated carbocycles. The number of anilines is 2. The van der Waals surface area contributed by atoms with Crippen LogP contribution >= 0.6 is 0 Å². The lowest BCUT2D eigenvalue weighted by Crippen LogP contribution is -2.44. The van der Waals surface area contributed by atoms with Gasteiger partial charge in [-0.05, 0) is 35.5 Å². The highest BCUT2D eigenvalue weighted by Gasteiger charge is 2.19. The van der Waals surface area contributed by atoms with Crippen molar-refractivity contribution in [1.29, 1.82) is 0 Å². The topological polar surface area (TPSA) is 96.5 Å². The third-order valence-electron chi connectivity index (χ3n) is 3.51. The summed E-state index contributed by atoms with van der Waals surface area (Å²) in [5, 5.41) is 0. The van der Waals surface area contributed by atoms with Gasteiger partial charge in [-0.15, -0.1) is 0 Å². The zero-order chi connectivity index (χ0) is 17.1. The summed E-state index contributed by atoms with van der Waals surface area (Å²) in [5.41, 5.74) is 13.6. The van der Waals surface area contributed by atoms with E-state index in [4.69, 9.17) is 25.8 Å². The monoisotopic (exact) mass is 319 g/mol. The Labute approximate surface area is 135 Å². The van der Waals surface area contributed by atoms with Gasteiger partial charge in [-0.3, -0.25) is 5.73 Å². The first kappa shape index (κ1) is 16.7. The molecule has 7 nitrogen and oxygen atoms in total. The Bertz CT molecular complexity index is 717. The van der Waals surface area contributed by atoms with E-state index >= 15 is 0 Å². The Kier molecular flexibility index (Phi) is 4.78. The standard InChI is InChI=1S/C16H22N4O3/c1-9(2)11-7-12(21-4)10(3)6-13(11)23-14-8-20(22-5)16(18)19-15(14)17/h6-9H,1-5H3,(H3,17,18,19)/p+1. The normalized spacial score (nSPS) is 10.7. The molecule has 0 fully saturated rings. The lowest BCUT2D eigenvalue weighted by Gasteiger charge is -2.17. The molecule has 1 aromatic carbocycles. The highest BCUT2D eigenvalue weighted by molar-refractivity contribution is 5.52. The van der Waals surface area contributed by atoms with Crippen molar-refractivity contribution in [1.82, 2.24) is 4.98 Å². The van der Waals surface area contributed by atoms with Crippen LogP contribution in [0.5, 0.6) is 17.2 Å². The minimum absolute atomic E-state index is 0.146. The van der Waals surface area contributed by atoms with Crippen molar-refractivity contribution < 1.29 is 19.0 Å². The van der Waals surface area contributed by atoms with E-state index in [0.717, 1.165) is 16.9 Å². The molecule has 0 radical (unpaired) electrons. The van der Waals surface area contributed by atoms with Crippen LogP contribution in [0.1, 0.15) is 30.9 Å². The molecule has 1 aromatic heterocycles. The molecule has 2 rings (SSSR count). The first-order valence-electron chi connectivity index (χ1n) is 7.25. The summed E-state index contributed by atoms with van der Waals surface area (Å²) in [6, 6.07) is 3.89. The van der Waals surface area contributed by atoms with Crippen molar-refractivity contribution in [2.45, 2.75) is 26.7 Å². The molecule has 0 aliphatic rings. The number of ether oxygens (including phenoxy) is 2. The zero-order valence-electron chi connectivity index (χ0n) is 14.1. The maximum absolute atomic E-state index is 5.98. The van der Waals surface area contributed by atoms with E-state index in [-0.39, 0.29) is 17.7 Å². The number of rotatable bonds is 5. The minimum Gasteiger partial charge on any atom is -0.496 e. The van der Waals surface area contributed by atoms with Gasteiger partial charge in [-0.1, -0.05) is 18.6 Å². The average molecular weight is 319 g/mol. The predicted molar refractivity (Wildman–Crippen MR) is 87.7 cm³/mol. The van der Waals surface area contributed by atoms with Crippen LogP contribution in [0.2, 0.25) is 0 Å². The maximum atomic E-state index is 5.98. The number of aromatic nitrogens is 2. The van der Waals surface area contributed by atoms with Gasteiger partial charge in [0.05, 0.1) is 7.11 Å². The number of nitrogen functional groups attached to an aromatic ring is 2. The first-order valence-corrected chi connectivity index (χ1v) is 7.25. The summed E-state index contributed by atoms with van der Waals surface area (Å²) in [7, 11) is 3.13. The Morgan fingerprint density at radius 2 is 1.78 bits per heavy atom. The molecule has 0 aliphatic carbocycles. The zero-order valence-corrected chi connectivity index (χ0v) is 14.1. The number of hydrogen-bond donors (Lipinski definition) is 2. The summed E-state index contributed by atoms with van der Waals surface area (Å²) >= 11 is 0. The fraction of sp³-hybridized carbons (Fsp3) is 0.375. The molecule has 0 aliphatic heterocycles. The van der Waals surface area contributed by atoms with Crippen LogP contribution in [0, 0.1) is 6.92 Å². The molecule has 7 heteroatoms. The second-order valence-electron chi connectivity index (χ2n) is 5.47. The average Bonchev–Trinajstić information content (AvgIpc) is 2.49. The van der Waals surface area contributed by atoms with Gasteiger partial charge in [0.25, 0.3) is 0 Å². The van der Waals surface area contributed by atoms with Gasteiger partial charge in [-0.2, -0.15) is 0 Å². The fourth-order valence-corrected chi connectivity index (χ4v) is 2.25. The molecule has 4 N–H and O–H groups in total. The van der Waals surface area contributed by atoms with Crippen molar-refractivity contribution in [3.63, 3.8) is 0 Å². The van der Waals surface area contributed by atoms with E-state index < -0.39 is 0 Å². The van der Waals surface area contributed by atoms with Gasteiger partial charge in [0.15, 0.2) is 6.20 Å². The Balaban J connectivity index is 2.49. The Morgan fingerprint density at radius 1 is 1.09 bits per heavy atom. The number of benzene rings is 1. The molecule has 2 aromatic rings. The lowest BCUT2D eigenvalue weighted by molar-refractivity contribution is -0.875. The number of methoxy groups -OCH3 is 1. The van der Waals surface area contributed by atoms with E-state index in [2.05, 4.69) is 18.8 Å². The SMILES string of the molecule is COc1cc(C(C)C)c(Oc2c[n+](OC)c(N)nc2N)cc1C. The van der Waals surface area contributed by atoms with Gasteiger partial charge >= 0.3 is 5.95 Å². The molecule has 0 amide bonds. The number of hydrogen-bond acceptors (Lipinski definition) is 6. The van der Waals surface area contributed by atoms with Crippen LogP contribution in [0.3, 0.4) is 0 Å². The molecule has 0 spiro atoms. The Morgan fingerprint density at radius 3 is 2.35 bits per heavy atom. The molecular weight excluding hydrogens is 296 g/mol. The molecule has 0 atom stereocenters. The van der Waals surface area contributed by atoms with E-state index in [9.17, 15) is 0 Å². The molecule has 0 unspecified atom stereocenters. The molecule has 23 heavy (non-hydrogen) atoms. The van der Waals surface area contributed by atoms with Crippen LogP contribution in [0.25, 0.3) is 0 Å². The van der Waals surface area contributed by atoms with Crippen LogP contribution in [-0.4, -0.2) is 19.2 Å². The second-order valence-corrected chi connectivity index (χ2v) is 5.47. The van der Waals surface area contributed by atoms with Gasteiger partial charge < -0.3 is 20.0 Å². The van der Waals surface area contributed by atoms with Crippen molar-refractivity contribution >= 4 is 11.8 Å². The van der Waals surface area contributed by atoms with Crippen molar-refractivity contribution in [2.75, 3.05) is 25.7 Å². The lowest BCUT2D eigenvalue weighted by atomic mass is 10.00. The number of nitrogens with two attached hydrogens (primary N) is 2. The highest BCUT2D eigenvalue weighted by atomic mass is 16.6. The molecule has 0 saturated heterocycles. The van der Waals surface area contributed by atoms with Crippen LogP contribution in [0.4, 0.5) is 11.8 Å². The number of nitrogens with zero attached hydrogens (tertiary/aromatic N) is 2. The fourth-order valence-electron chi connectivity index (χ4n) is 2.25. The summed E-state index contributed by atoms with van der Waals surface area (Å²) in [5.74, 6) is 2.46. The second kappa shape index (κ2) is 6.60. The first-order chi connectivity index (χ1) is 10.9. The van der Waals surface area contributed by atoms with Crippen molar-refractivity contribution in [3.8, 4) is 17.2 Å². The Hall–Kier alpha value is -2.70. The third-order valence-corrected chi connectivity index (χ3v) is 3.51. The third kappa shape index (κ3) is 3.39.